The standard InChI is InChI=1S/C10H13NO2/c1-3-12-10(11-2)13-9-7-5-4-6-8-9/h4-8H,3H2,1-2H3. The summed E-state index contributed by atoms with van der Waals surface area (Å²) in [7, 11) is 1.63. The van der Waals surface area contributed by atoms with Crippen molar-refractivity contribution in [1.29, 1.82) is 0 Å². The largest absolute Gasteiger partial charge is 0.451 e. The smallest absolute Gasteiger partial charge is 0.388 e. The highest BCUT2D eigenvalue weighted by Gasteiger charge is 1.99. The molecule has 1 aromatic carbocycles. The molecule has 1 aromatic rings. The zero-order chi connectivity index (χ0) is 9.52. The number of hydrogen-bond donors (Lipinski definition) is 0. The third kappa shape index (κ3) is 3.15. The first-order chi connectivity index (χ1) is 6.36. The summed E-state index contributed by atoms with van der Waals surface area (Å²) in [6.07, 6.45) is 0.300. The number of aliphatic imine (C=N–C) groups is 1. The van der Waals surface area contributed by atoms with E-state index in [1.165, 1.54) is 0 Å². The van der Waals surface area contributed by atoms with Gasteiger partial charge in [0.05, 0.1) is 6.61 Å². The van der Waals surface area contributed by atoms with Gasteiger partial charge in [0.25, 0.3) is 0 Å². The van der Waals surface area contributed by atoms with Crippen molar-refractivity contribution >= 4 is 6.08 Å². The van der Waals surface area contributed by atoms with Gasteiger partial charge in [-0.1, -0.05) is 18.2 Å². The molecule has 0 amide bonds. The van der Waals surface area contributed by atoms with Crippen LogP contribution in [0.15, 0.2) is 35.3 Å². The number of benzene rings is 1. The molecule has 0 bridgehead atoms. The number of hydrogen-bond acceptors (Lipinski definition) is 3. The zero-order valence-electron chi connectivity index (χ0n) is 7.86. The van der Waals surface area contributed by atoms with E-state index >= 15 is 0 Å². The zero-order valence-corrected chi connectivity index (χ0v) is 7.86. The van der Waals surface area contributed by atoms with Gasteiger partial charge in [-0.25, -0.2) is 4.99 Å². The predicted molar refractivity (Wildman–Crippen MR) is 52.1 cm³/mol. The van der Waals surface area contributed by atoms with Crippen LogP contribution in [0.2, 0.25) is 0 Å². The summed E-state index contributed by atoms with van der Waals surface area (Å²) < 4.78 is 10.5. The molecule has 0 unspecified atom stereocenters. The van der Waals surface area contributed by atoms with Crippen LogP contribution >= 0.6 is 0 Å². The molecule has 1 rings (SSSR count). The summed E-state index contributed by atoms with van der Waals surface area (Å²) >= 11 is 0. The number of para-hydroxylation sites is 1. The molecule has 3 nitrogen and oxygen atoms in total. The van der Waals surface area contributed by atoms with Crippen LogP contribution in [-0.4, -0.2) is 19.7 Å². The fourth-order valence-corrected chi connectivity index (χ4v) is 0.852. The van der Waals surface area contributed by atoms with Crippen molar-refractivity contribution in [2.75, 3.05) is 13.7 Å². The topological polar surface area (TPSA) is 30.8 Å². The molecule has 0 aliphatic heterocycles. The molecule has 0 saturated heterocycles. The second-order valence-corrected chi connectivity index (χ2v) is 2.34. The highest BCUT2D eigenvalue weighted by Crippen LogP contribution is 2.08. The lowest BCUT2D eigenvalue weighted by atomic mass is 10.3. The maximum Gasteiger partial charge on any atom is 0.388 e. The average molecular weight is 179 g/mol. The highest BCUT2D eigenvalue weighted by molar-refractivity contribution is 5.69. The Morgan fingerprint density at radius 2 is 2.00 bits per heavy atom. The van der Waals surface area contributed by atoms with E-state index in [4.69, 9.17) is 9.47 Å². The normalized spacial score (nSPS) is 11.1. The molecule has 3 heteroatoms. The van der Waals surface area contributed by atoms with Crippen LogP contribution in [0, 0.1) is 0 Å². The maximum absolute atomic E-state index is 5.33. The fourth-order valence-electron chi connectivity index (χ4n) is 0.852. The molecule has 0 aromatic heterocycles. The molecule has 0 aliphatic carbocycles. The lowest BCUT2D eigenvalue weighted by Crippen LogP contribution is -2.12. The van der Waals surface area contributed by atoms with Crippen LogP contribution in [0.5, 0.6) is 5.75 Å². The van der Waals surface area contributed by atoms with E-state index in [0.29, 0.717) is 12.7 Å². The molecular formula is C10H13NO2. The van der Waals surface area contributed by atoms with Crippen molar-refractivity contribution in [2.24, 2.45) is 4.99 Å². The molecule has 0 spiro atoms. The van der Waals surface area contributed by atoms with E-state index in [0.717, 1.165) is 5.75 Å². The van der Waals surface area contributed by atoms with Crippen LogP contribution in [0.1, 0.15) is 6.92 Å². The third-order valence-corrected chi connectivity index (χ3v) is 1.40. The lowest BCUT2D eigenvalue weighted by Gasteiger charge is -2.06. The Morgan fingerprint density at radius 1 is 1.31 bits per heavy atom. The van der Waals surface area contributed by atoms with Gasteiger partial charge in [0, 0.05) is 7.05 Å². The van der Waals surface area contributed by atoms with Gasteiger partial charge >= 0.3 is 6.08 Å². The molecule has 0 aliphatic rings. The Hall–Kier alpha value is -1.51. The Labute approximate surface area is 78.0 Å². The van der Waals surface area contributed by atoms with Crippen molar-refractivity contribution < 1.29 is 9.47 Å². The molecule has 13 heavy (non-hydrogen) atoms. The summed E-state index contributed by atoms with van der Waals surface area (Å²) in [6.45, 7) is 2.44. The van der Waals surface area contributed by atoms with Crippen molar-refractivity contribution in [3.63, 3.8) is 0 Å². The van der Waals surface area contributed by atoms with Gasteiger partial charge in [0.15, 0.2) is 0 Å². The monoisotopic (exact) mass is 179 g/mol. The maximum atomic E-state index is 5.33. The van der Waals surface area contributed by atoms with Crippen molar-refractivity contribution in [1.82, 2.24) is 0 Å². The van der Waals surface area contributed by atoms with Gasteiger partial charge in [-0.15, -0.1) is 0 Å². The Kier molecular flexibility index (Phi) is 3.82. The quantitative estimate of drug-likeness (QED) is 0.514. The number of ether oxygens (including phenoxy) is 2. The molecule has 0 fully saturated rings. The molecule has 0 heterocycles. The van der Waals surface area contributed by atoms with E-state index in [9.17, 15) is 0 Å². The van der Waals surface area contributed by atoms with Crippen molar-refractivity contribution in [3.8, 4) is 5.75 Å². The lowest BCUT2D eigenvalue weighted by molar-refractivity contribution is 0.250. The first-order valence-corrected chi connectivity index (χ1v) is 4.19. The van der Waals surface area contributed by atoms with Crippen LogP contribution < -0.4 is 4.74 Å². The second kappa shape index (κ2) is 5.19. The van der Waals surface area contributed by atoms with E-state index in [1.807, 2.05) is 37.3 Å². The molecule has 0 radical (unpaired) electrons. The Balaban J connectivity index is 2.58. The van der Waals surface area contributed by atoms with Gasteiger partial charge in [-0.2, -0.15) is 0 Å². The predicted octanol–water partition coefficient (Wildman–Crippen LogP) is 2.09. The fraction of sp³-hybridized carbons (Fsp3) is 0.300. The van der Waals surface area contributed by atoms with Crippen molar-refractivity contribution in [3.05, 3.63) is 30.3 Å². The summed E-state index contributed by atoms with van der Waals surface area (Å²) in [6, 6.07) is 9.42. The SMILES string of the molecule is CCOC(=NC)Oc1ccccc1. The summed E-state index contributed by atoms with van der Waals surface area (Å²) in [4.78, 5) is 3.85. The van der Waals surface area contributed by atoms with E-state index in [2.05, 4.69) is 4.99 Å². The van der Waals surface area contributed by atoms with Crippen LogP contribution in [-0.2, 0) is 4.74 Å². The summed E-state index contributed by atoms with van der Waals surface area (Å²) in [5.74, 6) is 0.733. The van der Waals surface area contributed by atoms with Crippen LogP contribution in [0.4, 0.5) is 0 Å². The molecule has 0 saturated carbocycles. The first-order valence-electron chi connectivity index (χ1n) is 4.19. The third-order valence-electron chi connectivity index (χ3n) is 1.40. The molecule has 70 valence electrons. The van der Waals surface area contributed by atoms with Gasteiger partial charge in [-0.3, -0.25) is 0 Å². The van der Waals surface area contributed by atoms with E-state index in [1.54, 1.807) is 7.05 Å². The van der Waals surface area contributed by atoms with Gasteiger partial charge in [0.1, 0.15) is 5.75 Å². The Morgan fingerprint density at radius 3 is 2.54 bits per heavy atom. The Bertz CT molecular complexity index is 270. The minimum absolute atomic E-state index is 0.300. The van der Waals surface area contributed by atoms with Gasteiger partial charge in [-0.05, 0) is 19.1 Å². The summed E-state index contributed by atoms with van der Waals surface area (Å²) in [5, 5.41) is 0. The van der Waals surface area contributed by atoms with E-state index < -0.39 is 0 Å². The van der Waals surface area contributed by atoms with Gasteiger partial charge in [0.2, 0.25) is 0 Å². The minimum atomic E-state index is 0.300. The van der Waals surface area contributed by atoms with Gasteiger partial charge < -0.3 is 9.47 Å². The van der Waals surface area contributed by atoms with Crippen molar-refractivity contribution in [2.45, 2.75) is 6.92 Å². The average Bonchev–Trinajstić information content (AvgIpc) is 2.19. The second-order valence-electron chi connectivity index (χ2n) is 2.34. The van der Waals surface area contributed by atoms with Crippen LogP contribution in [0.3, 0.4) is 0 Å². The van der Waals surface area contributed by atoms with E-state index in [-0.39, 0.29) is 0 Å². The summed E-state index contributed by atoms with van der Waals surface area (Å²) in [5.41, 5.74) is 0. The highest BCUT2D eigenvalue weighted by atomic mass is 16.7. The number of nitrogens with zero attached hydrogens (tertiary/aromatic N) is 1. The van der Waals surface area contributed by atoms with Crippen LogP contribution in [0.25, 0.3) is 0 Å². The number of rotatable bonds is 2. The first kappa shape index (κ1) is 9.58. The minimum Gasteiger partial charge on any atom is -0.451 e. The molecule has 0 atom stereocenters. The molecule has 0 N–H and O–H groups in total. The molecular weight excluding hydrogens is 166 g/mol.